The van der Waals surface area contributed by atoms with Crippen LogP contribution in [0.15, 0.2) is 29.1 Å². The van der Waals surface area contributed by atoms with Gasteiger partial charge in [0.2, 0.25) is 0 Å². The molecule has 1 aromatic heterocycles. The van der Waals surface area contributed by atoms with E-state index in [4.69, 9.17) is 0 Å². The molecule has 0 radical (unpaired) electrons. The van der Waals surface area contributed by atoms with E-state index in [9.17, 15) is 9.18 Å². The second kappa shape index (κ2) is 5.58. The third kappa shape index (κ3) is 2.84. The molecule has 1 aliphatic heterocycles. The summed E-state index contributed by atoms with van der Waals surface area (Å²) in [6, 6.07) is 6.67. The third-order valence-corrected chi connectivity index (χ3v) is 4.31. The number of likely N-dealkylation sites (N-methyl/N-ethyl adjacent to an activating group) is 1. The first-order valence-electron chi connectivity index (χ1n) is 7.27. The largest absolute Gasteiger partial charge is 0.355 e. The van der Waals surface area contributed by atoms with Gasteiger partial charge >= 0.3 is 0 Å². The van der Waals surface area contributed by atoms with Gasteiger partial charge in [0.15, 0.2) is 5.43 Å². The Morgan fingerprint density at radius 1 is 1.38 bits per heavy atom. The highest BCUT2D eigenvalue weighted by Crippen LogP contribution is 2.15. The smallest absolute Gasteiger partial charge is 0.189 e. The number of piperazine rings is 1. The van der Waals surface area contributed by atoms with Crippen LogP contribution in [0.3, 0.4) is 0 Å². The van der Waals surface area contributed by atoms with Crippen LogP contribution >= 0.6 is 0 Å². The molecule has 1 atom stereocenters. The lowest BCUT2D eigenvalue weighted by Gasteiger charge is -2.37. The Balaban J connectivity index is 1.88. The first kappa shape index (κ1) is 14.2. The Bertz CT molecular complexity index is 712. The van der Waals surface area contributed by atoms with Gasteiger partial charge in [0, 0.05) is 49.4 Å². The van der Waals surface area contributed by atoms with Crippen LogP contribution in [-0.4, -0.2) is 47.5 Å². The summed E-state index contributed by atoms with van der Waals surface area (Å²) in [5, 5.41) is 0.408. The number of nitrogens with zero attached hydrogens (tertiary/aromatic N) is 2. The molecule has 5 heteroatoms. The normalized spacial score (nSPS) is 21.0. The number of hydrogen-bond donors (Lipinski definition) is 1. The molecule has 2 heterocycles. The molecular weight excluding hydrogens is 269 g/mol. The van der Waals surface area contributed by atoms with Crippen molar-refractivity contribution in [3.05, 3.63) is 46.0 Å². The van der Waals surface area contributed by atoms with Gasteiger partial charge < -0.3 is 9.88 Å². The zero-order valence-corrected chi connectivity index (χ0v) is 12.4. The lowest BCUT2D eigenvalue weighted by molar-refractivity contribution is 0.0991. The maximum absolute atomic E-state index is 13.8. The van der Waals surface area contributed by atoms with Gasteiger partial charge in [0.05, 0.1) is 5.52 Å². The lowest BCUT2D eigenvalue weighted by atomic mass is 10.1. The molecule has 0 spiro atoms. The van der Waals surface area contributed by atoms with E-state index in [2.05, 4.69) is 28.8 Å². The van der Waals surface area contributed by atoms with Crippen molar-refractivity contribution < 1.29 is 4.39 Å². The van der Waals surface area contributed by atoms with Gasteiger partial charge in [-0.3, -0.25) is 9.69 Å². The van der Waals surface area contributed by atoms with Crippen molar-refractivity contribution in [3.63, 3.8) is 0 Å². The summed E-state index contributed by atoms with van der Waals surface area (Å²) >= 11 is 0. The number of pyridine rings is 1. The van der Waals surface area contributed by atoms with E-state index in [0.717, 1.165) is 25.3 Å². The van der Waals surface area contributed by atoms with E-state index < -0.39 is 0 Å². The van der Waals surface area contributed by atoms with Gasteiger partial charge in [-0.15, -0.1) is 0 Å². The van der Waals surface area contributed by atoms with E-state index in [-0.39, 0.29) is 11.2 Å². The topological polar surface area (TPSA) is 39.3 Å². The maximum Gasteiger partial charge on any atom is 0.189 e. The minimum Gasteiger partial charge on any atom is -0.355 e. The molecular formula is C16H20FN3O. The number of nitrogens with one attached hydrogen (secondary N) is 1. The van der Waals surface area contributed by atoms with Crippen molar-refractivity contribution in [2.24, 2.45) is 0 Å². The molecule has 4 nitrogen and oxygen atoms in total. The summed E-state index contributed by atoms with van der Waals surface area (Å²) in [5.74, 6) is -0.377. The van der Waals surface area contributed by atoms with Gasteiger partial charge in [-0.25, -0.2) is 4.39 Å². The van der Waals surface area contributed by atoms with Crippen LogP contribution in [0.1, 0.15) is 12.6 Å². The molecule has 1 aromatic carbocycles. The van der Waals surface area contributed by atoms with Gasteiger partial charge in [-0.1, -0.05) is 6.07 Å². The Morgan fingerprint density at radius 2 is 2.19 bits per heavy atom. The Kier molecular flexibility index (Phi) is 3.78. The molecule has 1 saturated heterocycles. The molecule has 0 bridgehead atoms. The first-order valence-corrected chi connectivity index (χ1v) is 7.27. The van der Waals surface area contributed by atoms with Crippen molar-refractivity contribution in [3.8, 4) is 0 Å². The van der Waals surface area contributed by atoms with Crippen LogP contribution in [0.25, 0.3) is 10.9 Å². The average Bonchev–Trinajstić information content (AvgIpc) is 2.44. The lowest BCUT2D eigenvalue weighted by Crippen LogP contribution is -2.49. The number of H-pyrrole nitrogens is 1. The summed E-state index contributed by atoms with van der Waals surface area (Å²) in [7, 11) is 2.12. The zero-order chi connectivity index (χ0) is 15.0. The number of hydrogen-bond acceptors (Lipinski definition) is 3. The first-order chi connectivity index (χ1) is 10.0. The zero-order valence-electron chi connectivity index (χ0n) is 12.4. The van der Waals surface area contributed by atoms with Gasteiger partial charge in [-0.05, 0) is 26.1 Å². The second-order valence-electron chi connectivity index (χ2n) is 5.89. The fourth-order valence-electron chi connectivity index (χ4n) is 2.88. The minimum absolute atomic E-state index is 0.125. The molecule has 1 N–H and O–H groups in total. The van der Waals surface area contributed by atoms with Crippen LogP contribution in [0.5, 0.6) is 0 Å². The van der Waals surface area contributed by atoms with Crippen LogP contribution < -0.4 is 5.43 Å². The average molecular weight is 289 g/mol. The number of aromatic nitrogens is 1. The van der Waals surface area contributed by atoms with Gasteiger partial charge in [0.25, 0.3) is 0 Å². The fraction of sp³-hybridized carbons (Fsp3) is 0.438. The highest BCUT2D eigenvalue weighted by Gasteiger charge is 2.21. The molecule has 21 heavy (non-hydrogen) atoms. The molecule has 0 saturated carbocycles. The monoisotopic (exact) mass is 289 g/mol. The minimum atomic E-state index is -0.377. The molecule has 2 aromatic rings. The molecule has 1 fully saturated rings. The summed E-state index contributed by atoms with van der Waals surface area (Å²) in [4.78, 5) is 19.8. The van der Waals surface area contributed by atoms with E-state index in [1.54, 1.807) is 18.2 Å². The molecule has 112 valence electrons. The summed E-state index contributed by atoms with van der Waals surface area (Å²) < 4.78 is 13.8. The number of fused-ring (bicyclic) bond motifs is 1. The van der Waals surface area contributed by atoms with Crippen LogP contribution in [0.4, 0.5) is 4.39 Å². The van der Waals surface area contributed by atoms with E-state index in [1.165, 1.54) is 6.07 Å². The van der Waals surface area contributed by atoms with Crippen molar-refractivity contribution in [2.75, 3.05) is 26.7 Å². The molecule has 0 unspecified atom stereocenters. The van der Waals surface area contributed by atoms with Crippen molar-refractivity contribution >= 4 is 10.9 Å². The Labute approximate surface area is 123 Å². The predicted molar refractivity (Wildman–Crippen MR) is 81.9 cm³/mol. The SMILES string of the molecule is C[C@@H]1CN(Cc2cc(=O)c3cccc(F)c3[nH]2)CCN1C. The van der Waals surface area contributed by atoms with Crippen molar-refractivity contribution in [2.45, 2.75) is 19.5 Å². The number of benzene rings is 1. The van der Waals surface area contributed by atoms with Gasteiger partial charge in [-0.2, -0.15) is 0 Å². The Morgan fingerprint density at radius 3 is 2.95 bits per heavy atom. The second-order valence-corrected chi connectivity index (χ2v) is 5.89. The van der Waals surface area contributed by atoms with E-state index in [1.807, 2.05) is 0 Å². The van der Waals surface area contributed by atoms with Crippen LogP contribution in [0.2, 0.25) is 0 Å². The standard InChI is InChI=1S/C16H20FN3O/c1-11-9-20(7-6-19(11)2)10-12-8-15(21)13-4-3-5-14(17)16(13)18-12/h3-5,8,11H,6-7,9-10H2,1-2H3,(H,18,21)/t11-/m1/s1. The molecule has 0 amide bonds. The molecule has 0 aliphatic carbocycles. The molecule has 1 aliphatic rings. The van der Waals surface area contributed by atoms with E-state index in [0.29, 0.717) is 23.5 Å². The van der Waals surface area contributed by atoms with Crippen molar-refractivity contribution in [1.82, 2.24) is 14.8 Å². The number of rotatable bonds is 2. The highest BCUT2D eigenvalue weighted by molar-refractivity contribution is 5.78. The number of aromatic amines is 1. The van der Waals surface area contributed by atoms with Crippen molar-refractivity contribution in [1.29, 1.82) is 0 Å². The fourth-order valence-corrected chi connectivity index (χ4v) is 2.88. The van der Waals surface area contributed by atoms with Gasteiger partial charge in [0.1, 0.15) is 5.82 Å². The quantitative estimate of drug-likeness (QED) is 0.916. The molecule has 3 rings (SSSR count). The van der Waals surface area contributed by atoms with Crippen LogP contribution in [-0.2, 0) is 6.54 Å². The van der Waals surface area contributed by atoms with E-state index >= 15 is 0 Å². The summed E-state index contributed by atoms with van der Waals surface area (Å²) in [5.41, 5.74) is 0.956. The summed E-state index contributed by atoms with van der Waals surface area (Å²) in [6.07, 6.45) is 0. The third-order valence-electron chi connectivity index (χ3n) is 4.31. The predicted octanol–water partition coefficient (Wildman–Crippen LogP) is 1.80. The highest BCUT2D eigenvalue weighted by atomic mass is 19.1. The maximum atomic E-state index is 13.8. The van der Waals surface area contributed by atoms with Crippen LogP contribution in [0, 0.1) is 5.82 Å². The number of halogens is 1. The Hall–Kier alpha value is -1.72. The number of para-hydroxylation sites is 1. The summed E-state index contributed by atoms with van der Waals surface area (Å²) in [6.45, 7) is 5.76.